The average Bonchev–Trinajstić information content (AvgIpc) is 2.44. The highest BCUT2D eigenvalue weighted by molar-refractivity contribution is 6.31. The molecule has 1 aromatic carbocycles. The van der Waals surface area contributed by atoms with Gasteiger partial charge in [0.05, 0.1) is 0 Å². The monoisotopic (exact) mass is 280 g/mol. The summed E-state index contributed by atoms with van der Waals surface area (Å²) in [6.07, 6.45) is 3.84. The zero-order valence-corrected chi connectivity index (χ0v) is 12.6. The molecule has 0 amide bonds. The Kier molecular flexibility index (Phi) is 6.15. The summed E-state index contributed by atoms with van der Waals surface area (Å²) in [7, 11) is 0. The van der Waals surface area contributed by atoms with Crippen LogP contribution in [0.5, 0.6) is 0 Å². The van der Waals surface area contributed by atoms with Gasteiger partial charge in [-0.3, -0.25) is 4.90 Å². The van der Waals surface area contributed by atoms with E-state index in [0.717, 1.165) is 24.0 Å². The van der Waals surface area contributed by atoms with E-state index in [1.807, 2.05) is 12.1 Å². The molecular formula is C16H25ClN2. The topological polar surface area (TPSA) is 15.3 Å². The third-order valence-electron chi connectivity index (χ3n) is 3.92. The van der Waals surface area contributed by atoms with Crippen LogP contribution in [0.2, 0.25) is 5.02 Å². The van der Waals surface area contributed by atoms with E-state index in [0.29, 0.717) is 0 Å². The van der Waals surface area contributed by atoms with Crippen molar-refractivity contribution in [3.63, 3.8) is 0 Å². The van der Waals surface area contributed by atoms with Crippen LogP contribution in [0.15, 0.2) is 24.3 Å². The average molecular weight is 281 g/mol. The minimum absolute atomic E-state index is 0.856. The van der Waals surface area contributed by atoms with Gasteiger partial charge in [-0.15, -0.1) is 0 Å². The van der Waals surface area contributed by atoms with Crippen LogP contribution in [-0.2, 0) is 6.54 Å². The zero-order valence-electron chi connectivity index (χ0n) is 11.9. The lowest BCUT2D eigenvalue weighted by Gasteiger charge is -2.32. The summed E-state index contributed by atoms with van der Waals surface area (Å²) in [6.45, 7) is 7.95. The Labute approximate surface area is 122 Å². The Morgan fingerprint density at radius 3 is 2.68 bits per heavy atom. The Morgan fingerprint density at radius 1 is 1.26 bits per heavy atom. The summed E-state index contributed by atoms with van der Waals surface area (Å²) in [6, 6.07) is 8.19. The van der Waals surface area contributed by atoms with Crippen LogP contribution < -0.4 is 5.32 Å². The Bertz CT molecular complexity index is 373. The molecule has 106 valence electrons. The number of likely N-dealkylation sites (tertiary alicyclic amines) is 1. The third kappa shape index (κ3) is 4.79. The molecule has 1 aliphatic heterocycles. The van der Waals surface area contributed by atoms with Crippen LogP contribution in [0.3, 0.4) is 0 Å². The molecule has 0 bridgehead atoms. The first-order valence-electron chi connectivity index (χ1n) is 7.46. The van der Waals surface area contributed by atoms with Gasteiger partial charge in [0.25, 0.3) is 0 Å². The first-order valence-corrected chi connectivity index (χ1v) is 7.84. The van der Waals surface area contributed by atoms with Gasteiger partial charge in [-0.2, -0.15) is 0 Å². The van der Waals surface area contributed by atoms with E-state index in [9.17, 15) is 0 Å². The molecule has 0 radical (unpaired) electrons. The van der Waals surface area contributed by atoms with Crippen LogP contribution in [0.1, 0.15) is 31.7 Å². The van der Waals surface area contributed by atoms with E-state index >= 15 is 0 Å². The molecule has 1 aliphatic rings. The van der Waals surface area contributed by atoms with Gasteiger partial charge in [-0.05, 0) is 63.0 Å². The lowest BCUT2D eigenvalue weighted by atomic mass is 9.96. The van der Waals surface area contributed by atoms with Crippen molar-refractivity contribution in [2.24, 2.45) is 5.92 Å². The van der Waals surface area contributed by atoms with E-state index in [-0.39, 0.29) is 0 Å². The van der Waals surface area contributed by atoms with Gasteiger partial charge in [-0.25, -0.2) is 0 Å². The van der Waals surface area contributed by atoms with E-state index in [1.165, 1.54) is 44.5 Å². The number of hydrogen-bond donors (Lipinski definition) is 1. The first kappa shape index (κ1) is 14.8. The SMILES string of the molecule is CCCNCC1CCN(Cc2ccccc2Cl)CC1. The quantitative estimate of drug-likeness (QED) is 0.802. The van der Waals surface area contributed by atoms with Gasteiger partial charge in [-0.1, -0.05) is 36.7 Å². The van der Waals surface area contributed by atoms with Gasteiger partial charge >= 0.3 is 0 Å². The molecule has 2 rings (SSSR count). The summed E-state index contributed by atoms with van der Waals surface area (Å²) in [4.78, 5) is 2.53. The molecule has 0 atom stereocenters. The lowest BCUT2D eigenvalue weighted by molar-refractivity contribution is 0.175. The third-order valence-corrected chi connectivity index (χ3v) is 4.29. The predicted octanol–water partition coefficient (Wildman–Crippen LogP) is 3.55. The predicted molar refractivity (Wildman–Crippen MR) is 82.6 cm³/mol. The number of piperidine rings is 1. The van der Waals surface area contributed by atoms with E-state index in [4.69, 9.17) is 11.6 Å². The van der Waals surface area contributed by atoms with E-state index < -0.39 is 0 Å². The fraction of sp³-hybridized carbons (Fsp3) is 0.625. The van der Waals surface area contributed by atoms with Crippen molar-refractivity contribution in [1.82, 2.24) is 10.2 Å². The minimum atomic E-state index is 0.856. The summed E-state index contributed by atoms with van der Waals surface area (Å²) in [5.74, 6) is 0.856. The summed E-state index contributed by atoms with van der Waals surface area (Å²) >= 11 is 6.22. The molecule has 0 saturated carbocycles. The second kappa shape index (κ2) is 7.88. The second-order valence-corrected chi connectivity index (χ2v) is 5.92. The molecular weight excluding hydrogens is 256 g/mol. The highest BCUT2D eigenvalue weighted by Gasteiger charge is 2.19. The van der Waals surface area contributed by atoms with Crippen LogP contribution in [0, 0.1) is 5.92 Å². The zero-order chi connectivity index (χ0) is 13.5. The molecule has 0 aliphatic carbocycles. The number of rotatable bonds is 6. The van der Waals surface area contributed by atoms with Crippen LogP contribution >= 0.6 is 11.6 Å². The highest BCUT2D eigenvalue weighted by atomic mass is 35.5. The minimum Gasteiger partial charge on any atom is -0.316 e. The standard InChI is InChI=1S/C16H25ClN2/c1-2-9-18-12-14-7-10-19(11-8-14)13-15-5-3-4-6-16(15)17/h3-6,14,18H,2,7-13H2,1H3. The van der Waals surface area contributed by atoms with E-state index in [2.05, 4.69) is 29.3 Å². The van der Waals surface area contributed by atoms with Crippen molar-refractivity contribution in [2.45, 2.75) is 32.7 Å². The summed E-state index contributed by atoms with van der Waals surface area (Å²) in [5.41, 5.74) is 1.26. The van der Waals surface area contributed by atoms with Crippen LogP contribution in [0.4, 0.5) is 0 Å². The summed E-state index contributed by atoms with van der Waals surface area (Å²) < 4.78 is 0. The van der Waals surface area contributed by atoms with Crippen molar-refractivity contribution in [1.29, 1.82) is 0 Å². The smallest absolute Gasteiger partial charge is 0.0451 e. The fourth-order valence-corrected chi connectivity index (χ4v) is 2.89. The number of nitrogens with one attached hydrogen (secondary N) is 1. The molecule has 19 heavy (non-hydrogen) atoms. The molecule has 0 spiro atoms. The molecule has 1 N–H and O–H groups in total. The highest BCUT2D eigenvalue weighted by Crippen LogP contribution is 2.21. The molecule has 1 fully saturated rings. The molecule has 2 nitrogen and oxygen atoms in total. The molecule has 3 heteroatoms. The van der Waals surface area contributed by atoms with Crippen molar-refractivity contribution in [3.05, 3.63) is 34.9 Å². The number of nitrogens with zero attached hydrogens (tertiary/aromatic N) is 1. The molecule has 1 aromatic rings. The Hall–Kier alpha value is -0.570. The molecule has 0 aromatic heterocycles. The number of halogens is 1. The largest absolute Gasteiger partial charge is 0.316 e. The van der Waals surface area contributed by atoms with E-state index in [1.54, 1.807) is 0 Å². The molecule has 1 heterocycles. The van der Waals surface area contributed by atoms with Gasteiger partial charge in [0, 0.05) is 11.6 Å². The molecule has 1 saturated heterocycles. The maximum Gasteiger partial charge on any atom is 0.0451 e. The number of benzene rings is 1. The fourth-order valence-electron chi connectivity index (χ4n) is 2.70. The van der Waals surface area contributed by atoms with Crippen molar-refractivity contribution in [2.75, 3.05) is 26.2 Å². The van der Waals surface area contributed by atoms with Crippen molar-refractivity contribution in [3.8, 4) is 0 Å². The van der Waals surface area contributed by atoms with Gasteiger partial charge in [0.2, 0.25) is 0 Å². The second-order valence-electron chi connectivity index (χ2n) is 5.52. The van der Waals surface area contributed by atoms with Crippen LogP contribution in [0.25, 0.3) is 0 Å². The van der Waals surface area contributed by atoms with Gasteiger partial charge in [0.15, 0.2) is 0 Å². The maximum atomic E-state index is 6.22. The maximum absolute atomic E-state index is 6.22. The number of hydrogen-bond acceptors (Lipinski definition) is 2. The Balaban J connectivity index is 1.73. The Morgan fingerprint density at radius 2 is 2.00 bits per heavy atom. The van der Waals surface area contributed by atoms with Gasteiger partial charge < -0.3 is 5.32 Å². The first-order chi connectivity index (χ1) is 9.29. The van der Waals surface area contributed by atoms with Crippen molar-refractivity contribution >= 4 is 11.6 Å². The van der Waals surface area contributed by atoms with Gasteiger partial charge in [0.1, 0.15) is 0 Å². The lowest BCUT2D eigenvalue weighted by Crippen LogP contribution is -2.37. The molecule has 0 unspecified atom stereocenters. The van der Waals surface area contributed by atoms with Crippen molar-refractivity contribution < 1.29 is 0 Å². The summed E-state index contributed by atoms with van der Waals surface area (Å²) in [5, 5.41) is 4.44. The normalized spacial score (nSPS) is 17.8. The van der Waals surface area contributed by atoms with Crippen LogP contribution in [-0.4, -0.2) is 31.1 Å².